The lowest BCUT2D eigenvalue weighted by atomic mass is 9.89. The summed E-state index contributed by atoms with van der Waals surface area (Å²) in [6, 6.07) is 7.56. The van der Waals surface area contributed by atoms with Crippen molar-refractivity contribution in [1.29, 1.82) is 0 Å². The molecular formula is C21H22ClN5O3. The summed E-state index contributed by atoms with van der Waals surface area (Å²) in [5, 5.41) is 6.69. The molecule has 1 aliphatic carbocycles. The number of benzene rings is 1. The molecular weight excluding hydrogens is 406 g/mol. The van der Waals surface area contributed by atoms with Crippen molar-refractivity contribution in [1.82, 2.24) is 20.3 Å². The highest BCUT2D eigenvalue weighted by Crippen LogP contribution is 2.27. The maximum Gasteiger partial charge on any atom is 0.307 e. The Morgan fingerprint density at radius 3 is 2.93 bits per heavy atom. The van der Waals surface area contributed by atoms with Crippen LogP contribution in [0.1, 0.15) is 34.7 Å². The van der Waals surface area contributed by atoms with Gasteiger partial charge in [-0.25, -0.2) is 15.0 Å². The molecule has 2 N–H and O–H groups in total. The van der Waals surface area contributed by atoms with E-state index in [1.54, 1.807) is 25.4 Å². The van der Waals surface area contributed by atoms with Crippen molar-refractivity contribution in [2.45, 2.75) is 38.5 Å². The lowest BCUT2D eigenvalue weighted by Gasteiger charge is -2.34. The van der Waals surface area contributed by atoms with E-state index in [1.165, 1.54) is 6.26 Å². The maximum atomic E-state index is 12.4. The SMILES string of the molecule is COC1CC(Nc2ncc(C)c(-c3coc(C(=O)NCc4cccc(Cl)c4)n3)n2)C1. The van der Waals surface area contributed by atoms with Crippen molar-refractivity contribution in [3.8, 4) is 11.4 Å². The third kappa shape index (κ3) is 4.60. The molecule has 1 fully saturated rings. The molecule has 0 unspecified atom stereocenters. The number of rotatable bonds is 7. The summed E-state index contributed by atoms with van der Waals surface area (Å²) in [5.41, 5.74) is 2.82. The van der Waals surface area contributed by atoms with Crippen LogP contribution in [-0.4, -0.2) is 40.1 Å². The maximum absolute atomic E-state index is 12.4. The van der Waals surface area contributed by atoms with Gasteiger partial charge in [0.1, 0.15) is 17.7 Å². The highest BCUT2D eigenvalue weighted by Gasteiger charge is 2.29. The van der Waals surface area contributed by atoms with Gasteiger partial charge in [0.2, 0.25) is 5.95 Å². The van der Waals surface area contributed by atoms with Gasteiger partial charge in [-0.3, -0.25) is 4.79 Å². The monoisotopic (exact) mass is 427 g/mol. The first-order chi connectivity index (χ1) is 14.5. The van der Waals surface area contributed by atoms with Gasteiger partial charge >= 0.3 is 5.91 Å². The van der Waals surface area contributed by atoms with E-state index in [0.717, 1.165) is 24.0 Å². The number of carbonyl (C=O) groups excluding carboxylic acids is 1. The van der Waals surface area contributed by atoms with Crippen LogP contribution in [-0.2, 0) is 11.3 Å². The average Bonchev–Trinajstić information content (AvgIpc) is 3.20. The number of hydrogen-bond acceptors (Lipinski definition) is 7. The molecule has 0 saturated heterocycles. The van der Waals surface area contributed by atoms with E-state index >= 15 is 0 Å². The summed E-state index contributed by atoms with van der Waals surface area (Å²) in [5.74, 6) is 0.0814. The van der Waals surface area contributed by atoms with Gasteiger partial charge in [0.25, 0.3) is 5.89 Å². The number of oxazole rings is 1. The van der Waals surface area contributed by atoms with Crippen molar-refractivity contribution in [2.75, 3.05) is 12.4 Å². The predicted molar refractivity (Wildman–Crippen MR) is 112 cm³/mol. The highest BCUT2D eigenvalue weighted by molar-refractivity contribution is 6.30. The fraction of sp³-hybridized carbons (Fsp3) is 0.333. The van der Waals surface area contributed by atoms with Gasteiger partial charge in [0, 0.05) is 30.9 Å². The molecule has 3 aromatic rings. The number of amides is 1. The molecule has 0 aliphatic heterocycles. The zero-order chi connectivity index (χ0) is 21.1. The van der Waals surface area contributed by atoms with Gasteiger partial charge in [0.05, 0.1) is 6.10 Å². The fourth-order valence-electron chi connectivity index (χ4n) is 3.22. The Morgan fingerprint density at radius 2 is 2.17 bits per heavy atom. The topological polar surface area (TPSA) is 102 Å². The van der Waals surface area contributed by atoms with Crippen molar-refractivity contribution in [3.63, 3.8) is 0 Å². The number of aryl methyl sites for hydroxylation is 1. The zero-order valence-corrected chi connectivity index (χ0v) is 17.4. The van der Waals surface area contributed by atoms with Crippen molar-refractivity contribution in [2.24, 2.45) is 0 Å². The van der Waals surface area contributed by atoms with Crippen LogP contribution in [0.25, 0.3) is 11.4 Å². The third-order valence-electron chi connectivity index (χ3n) is 5.02. The first-order valence-corrected chi connectivity index (χ1v) is 10.0. The smallest absolute Gasteiger partial charge is 0.307 e. The minimum absolute atomic E-state index is 0.0264. The number of anilines is 1. The van der Waals surface area contributed by atoms with Gasteiger partial charge in [-0.05, 0) is 43.0 Å². The summed E-state index contributed by atoms with van der Waals surface area (Å²) < 4.78 is 10.7. The van der Waals surface area contributed by atoms with Crippen LogP contribution in [0.2, 0.25) is 5.02 Å². The van der Waals surface area contributed by atoms with Crippen LogP contribution < -0.4 is 10.6 Å². The standard InChI is InChI=1S/C21H22ClN5O3/c1-12-9-24-21(25-15-7-16(8-15)29-2)27-18(12)17-11-30-20(26-17)19(28)23-10-13-4-3-5-14(22)6-13/h3-6,9,11,15-16H,7-8,10H2,1-2H3,(H,23,28)(H,24,25,27). The number of aromatic nitrogens is 3. The van der Waals surface area contributed by atoms with Crippen LogP contribution in [0.5, 0.6) is 0 Å². The van der Waals surface area contributed by atoms with E-state index in [-0.39, 0.29) is 18.0 Å². The first kappa shape index (κ1) is 20.3. The molecule has 156 valence electrons. The number of nitrogens with zero attached hydrogens (tertiary/aromatic N) is 3. The molecule has 1 aliphatic rings. The number of methoxy groups -OCH3 is 1. The minimum Gasteiger partial charge on any atom is -0.440 e. The quantitative estimate of drug-likeness (QED) is 0.593. The van der Waals surface area contributed by atoms with Crippen molar-refractivity contribution in [3.05, 3.63) is 58.8 Å². The van der Waals surface area contributed by atoms with Gasteiger partial charge < -0.3 is 19.8 Å². The molecule has 8 nitrogen and oxygen atoms in total. The van der Waals surface area contributed by atoms with Gasteiger partial charge in [0.15, 0.2) is 0 Å². The molecule has 2 aromatic heterocycles. The van der Waals surface area contributed by atoms with E-state index in [2.05, 4.69) is 25.6 Å². The molecule has 4 rings (SSSR count). The summed E-state index contributed by atoms with van der Waals surface area (Å²) in [6.45, 7) is 2.21. The molecule has 0 spiro atoms. The molecule has 0 radical (unpaired) electrons. The van der Waals surface area contributed by atoms with Gasteiger partial charge in [-0.1, -0.05) is 23.7 Å². The summed E-state index contributed by atoms with van der Waals surface area (Å²) >= 11 is 5.97. The largest absolute Gasteiger partial charge is 0.440 e. The van der Waals surface area contributed by atoms with E-state index in [1.807, 2.05) is 19.1 Å². The normalized spacial score (nSPS) is 18.0. The third-order valence-corrected chi connectivity index (χ3v) is 5.25. The molecule has 2 heterocycles. The van der Waals surface area contributed by atoms with Crippen molar-refractivity contribution >= 4 is 23.5 Å². The second-order valence-electron chi connectivity index (χ2n) is 7.25. The molecule has 1 saturated carbocycles. The number of hydrogen-bond donors (Lipinski definition) is 2. The lowest BCUT2D eigenvalue weighted by molar-refractivity contribution is 0.0327. The highest BCUT2D eigenvalue weighted by atomic mass is 35.5. The molecule has 1 aromatic carbocycles. The van der Waals surface area contributed by atoms with Gasteiger partial charge in [-0.15, -0.1) is 0 Å². The fourth-order valence-corrected chi connectivity index (χ4v) is 3.43. The second-order valence-corrected chi connectivity index (χ2v) is 7.68. The van der Waals surface area contributed by atoms with Crippen LogP contribution in [0, 0.1) is 6.92 Å². The Hall–Kier alpha value is -2.97. The number of carbonyl (C=O) groups is 1. The van der Waals surface area contributed by atoms with E-state index < -0.39 is 5.91 Å². The lowest BCUT2D eigenvalue weighted by Crippen LogP contribution is -2.40. The molecule has 1 amide bonds. The van der Waals surface area contributed by atoms with E-state index in [0.29, 0.717) is 28.9 Å². The van der Waals surface area contributed by atoms with Crippen LogP contribution in [0.3, 0.4) is 0 Å². The van der Waals surface area contributed by atoms with Crippen LogP contribution in [0.4, 0.5) is 5.95 Å². The molecule has 30 heavy (non-hydrogen) atoms. The number of halogens is 1. The van der Waals surface area contributed by atoms with Gasteiger partial charge in [-0.2, -0.15) is 0 Å². The summed E-state index contributed by atoms with van der Waals surface area (Å²) in [7, 11) is 1.72. The predicted octanol–water partition coefficient (Wildman–Crippen LogP) is 3.61. The van der Waals surface area contributed by atoms with Crippen LogP contribution in [0.15, 0.2) is 41.1 Å². The minimum atomic E-state index is -0.411. The number of ether oxygens (including phenoxy) is 1. The summed E-state index contributed by atoms with van der Waals surface area (Å²) in [6.07, 6.45) is 5.28. The Morgan fingerprint density at radius 1 is 1.33 bits per heavy atom. The molecule has 9 heteroatoms. The summed E-state index contributed by atoms with van der Waals surface area (Å²) in [4.78, 5) is 25.6. The average molecular weight is 428 g/mol. The Kier molecular flexibility index (Phi) is 5.96. The molecule has 0 atom stereocenters. The second kappa shape index (κ2) is 8.81. The number of nitrogens with one attached hydrogen (secondary N) is 2. The Bertz CT molecular complexity index is 1050. The van der Waals surface area contributed by atoms with E-state index in [4.69, 9.17) is 20.8 Å². The zero-order valence-electron chi connectivity index (χ0n) is 16.7. The molecule has 0 bridgehead atoms. The first-order valence-electron chi connectivity index (χ1n) is 9.63. The van der Waals surface area contributed by atoms with Crippen molar-refractivity contribution < 1.29 is 13.9 Å². The Balaban J connectivity index is 1.42. The Labute approximate surface area is 179 Å². The van der Waals surface area contributed by atoms with Crippen LogP contribution >= 0.6 is 11.6 Å². The van der Waals surface area contributed by atoms with E-state index in [9.17, 15) is 4.79 Å².